The van der Waals surface area contributed by atoms with Gasteiger partial charge < -0.3 is 9.64 Å². The van der Waals surface area contributed by atoms with Crippen molar-refractivity contribution in [3.8, 4) is 5.75 Å². The molecular formula is C11H15NO2. The number of ketones is 1. The Balaban J connectivity index is 2.59. The summed E-state index contributed by atoms with van der Waals surface area (Å²) in [6, 6.07) is 7.63. The number of Topliss-reactive ketones (excluding diaryl/α,β-unsaturated/α-hetero) is 1. The van der Waals surface area contributed by atoms with Gasteiger partial charge in [0.25, 0.3) is 0 Å². The lowest BCUT2D eigenvalue weighted by Gasteiger charge is -2.12. The standard InChI is InChI=1S/C11H15NO2/c1-9(13)8-14-11-6-4-10(5-7-11)12(2)3/h4-7H,8H2,1-3H3. The number of rotatable bonds is 4. The molecule has 3 heteroatoms. The zero-order chi connectivity index (χ0) is 10.6. The van der Waals surface area contributed by atoms with Gasteiger partial charge in [-0.1, -0.05) is 0 Å². The van der Waals surface area contributed by atoms with E-state index < -0.39 is 0 Å². The molecule has 0 saturated heterocycles. The number of ether oxygens (including phenoxy) is 1. The summed E-state index contributed by atoms with van der Waals surface area (Å²) in [6.07, 6.45) is 0. The van der Waals surface area contributed by atoms with Gasteiger partial charge in [0, 0.05) is 19.8 Å². The molecule has 1 rings (SSSR count). The molecular weight excluding hydrogens is 178 g/mol. The predicted molar refractivity (Wildman–Crippen MR) is 56.9 cm³/mol. The largest absolute Gasteiger partial charge is 0.486 e. The maximum atomic E-state index is 10.7. The third kappa shape index (κ3) is 3.09. The summed E-state index contributed by atoms with van der Waals surface area (Å²) in [6.45, 7) is 1.65. The van der Waals surface area contributed by atoms with E-state index in [1.165, 1.54) is 6.92 Å². The molecule has 76 valence electrons. The van der Waals surface area contributed by atoms with Crippen molar-refractivity contribution in [2.24, 2.45) is 0 Å². The highest BCUT2D eigenvalue weighted by Crippen LogP contribution is 2.17. The van der Waals surface area contributed by atoms with Crippen molar-refractivity contribution in [2.45, 2.75) is 6.92 Å². The minimum Gasteiger partial charge on any atom is -0.486 e. The fourth-order valence-corrected chi connectivity index (χ4v) is 1.03. The molecule has 1 aromatic carbocycles. The van der Waals surface area contributed by atoms with E-state index in [1.807, 2.05) is 43.3 Å². The molecule has 3 nitrogen and oxygen atoms in total. The van der Waals surface area contributed by atoms with Crippen LogP contribution in [0.2, 0.25) is 0 Å². The highest BCUT2D eigenvalue weighted by molar-refractivity contribution is 5.77. The van der Waals surface area contributed by atoms with Gasteiger partial charge in [0.15, 0.2) is 5.78 Å². The van der Waals surface area contributed by atoms with Gasteiger partial charge in [-0.25, -0.2) is 0 Å². The van der Waals surface area contributed by atoms with Gasteiger partial charge in [-0.15, -0.1) is 0 Å². The quantitative estimate of drug-likeness (QED) is 0.729. The molecule has 0 aromatic heterocycles. The minimum atomic E-state index is 0.0293. The molecule has 0 radical (unpaired) electrons. The number of nitrogens with zero attached hydrogens (tertiary/aromatic N) is 1. The zero-order valence-corrected chi connectivity index (χ0v) is 8.78. The molecule has 0 aliphatic carbocycles. The summed E-state index contributed by atoms with van der Waals surface area (Å²) in [5.74, 6) is 0.757. The fraction of sp³-hybridized carbons (Fsp3) is 0.364. The van der Waals surface area contributed by atoms with Crippen LogP contribution in [-0.2, 0) is 4.79 Å². The van der Waals surface area contributed by atoms with Crippen LogP contribution in [0, 0.1) is 0 Å². The van der Waals surface area contributed by atoms with E-state index in [1.54, 1.807) is 0 Å². The van der Waals surface area contributed by atoms with Gasteiger partial charge in [0.2, 0.25) is 0 Å². The maximum absolute atomic E-state index is 10.7. The van der Waals surface area contributed by atoms with Crippen molar-refractivity contribution in [3.05, 3.63) is 24.3 Å². The number of benzene rings is 1. The van der Waals surface area contributed by atoms with Gasteiger partial charge in [-0.2, -0.15) is 0 Å². The van der Waals surface area contributed by atoms with Gasteiger partial charge >= 0.3 is 0 Å². The summed E-state index contributed by atoms with van der Waals surface area (Å²) >= 11 is 0. The summed E-state index contributed by atoms with van der Waals surface area (Å²) in [7, 11) is 3.96. The summed E-state index contributed by atoms with van der Waals surface area (Å²) in [5, 5.41) is 0. The first-order valence-corrected chi connectivity index (χ1v) is 4.49. The van der Waals surface area contributed by atoms with Crippen LogP contribution in [0.3, 0.4) is 0 Å². The SMILES string of the molecule is CC(=O)COc1ccc(N(C)C)cc1. The Bertz CT molecular complexity index is 304. The molecule has 0 aliphatic heterocycles. The maximum Gasteiger partial charge on any atom is 0.167 e. The minimum absolute atomic E-state index is 0.0293. The van der Waals surface area contributed by atoms with Crippen LogP contribution in [0.1, 0.15) is 6.92 Å². The molecule has 0 aliphatic rings. The van der Waals surface area contributed by atoms with Crippen LogP contribution in [0.5, 0.6) is 5.75 Å². The summed E-state index contributed by atoms with van der Waals surface area (Å²) in [5.41, 5.74) is 1.11. The molecule has 0 fully saturated rings. The van der Waals surface area contributed by atoms with E-state index in [9.17, 15) is 4.79 Å². The van der Waals surface area contributed by atoms with Crippen molar-refractivity contribution in [2.75, 3.05) is 25.6 Å². The molecule has 0 bridgehead atoms. The molecule has 0 amide bonds. The van der Waals surface area contributed by atoms with Crippen LogP contribution in [0.25, 0.3) is 0 Å². The third-order valence-corrected chi connectivity index (χ3v) is 1.80. The van der Waals surface area contributed by atoms with Crippen LogP contribution in [0.4, 0.5) is 5.69 Å². The third-order valence-electron chi connectivity index (χ3n) is 1.80. The number of anilines is 1. The molecule has 0 saturated carbocycles. The topological polar surface area (TPSA) is 29.5 Å². The van der Waals surface area contributed by atoms with Crippen molar-refractivity contribution < 1.29 is 9.53 Å². The zero-order valence-electron chi connectivity index (χ0n) is 8.78. The lowest BCUT2D eigenvalue weighted by molar-refractivity contribution is -0.118. The Morgan fingerprint density at radius 3 is 2.29 bits per heavy atom. The second-order valence-electron chi connectivity index (χ2n) is 3.38. The van der Waals surface area contributed by atoms with Crippen LogP contribution in [-0.4, -0.2) is 26.5 Å². The number of carbonyl (C=O) groups excluding carboxylic acids is 1. The van der Waals surface area contributed by atoms with Crippen molar-refractivity contribution in [1.82, 2.24) is 0 Å². The van der Waals surface area contributed by atoms with Crippen LogP contribution >= 0.6 is 0 Å². The second kappa shape index (κ2) is 4.65. The van der Waals surface area contributed by atoms with E-state index in [0.717, 1.165) is 11.4 Å². The Hall–Kier alpha value is -1.51. The van der Waals surface area contributed by atoms with Gasteiger partial charge in [-0.3, -0.25) is 4.79 Å². The number of carbonyl (C=O) groups is 1. The van der Waals surface area contributed by atoms with E-state index in [-0.39, 0.29) is 12.4 Å². The second-order valence-corrected chi connectivity index (χ2v) is 3.38. The highest BCUT2D eigenvalue weighted by atomic mass is 16.5. The van der Waals surface area contributed by atoms with Gasteiger partial charge in [0.05, 0.1) is 0 Å². The van der Waals surface area contributed by atoms with E-state index in [4.69, 9.17) is 4.74 Å². The Labute approximate surface area is 84.3 Å². The van der Waals surface area contributed by atoms with Crippen LogP contribution < -0.4 is 9.64 Å². The average Bonchev–Trinajstić information content (AvgIpc) is 2.15. The average molecular weight is 193 g/mol. The van der Waals surface area contributed by atoms with Gasteiger partial charge in [-0.05, 0) is 31.2 Å². The first-order chi connectivity index (χ1) is 6.59. The van der Waals surface area contributed by atoms with E-state index in [0.29, 0.717) is 0 Å². The molecule has 0 atom stereocenters. The Morgan fingerprint density at radius 2 is 1.86 bits per heavy atom. The van der Waals surface area contributed by atoms with Gasteiger partial charge in [0.1, 0.15) is 12.4 Å². The lowest BCUT2D eigenvalue weighted by Crippen LogP contribution is -2.09. The summed E-state index contributed by atoms with van der Waals surface area (Å²) in [4.78, 5) is 12.7. The van der Waals surface area contributed by atoms with E-state index in [2.05, 4.69) is 0 Å². The van der Waals surface area contributed by atoms with Crippen molar-refractivity contribution in [3.63, 3.8) is 0 Å². The first-order valence-electron chi connectivity index (χ1n) is 4.49. The van der Waals surface area contributed by atoms with E-state index >= 15 is 0 Å². The monoisotopic (exact) mass is 193 g/mol. The first kappa shape index (κ1) is 10.6. The smallest absolute Gasteiger partial charge is 0.167 e. The lowest BCUT2D eigenvalue weighted by atomic mass is 10.3. The number of hydrogen-bond donors (Lipinski definition) is 0. The summed E-state index contributed by atoms with van der Waals surface area (Å²) < 4.78 is 5.23. The highest BCUT2D eigenvalue weighted by Gasteiger charge is 1.98. The number of hydrogen-bond acceptors (Lipinski definition) is 3. The Kier molecular flexibility index (Phi) is 3.51. The molecule has 0 unspecified atom stereocenters. The molecule has 0 heterocycles. The Morgan fingerprint density at radius 1 is 1.29 bits per heavy atom. The molecule has 0 spiro atoms. The predicted octanol–water partition coefficient (Wildman–Crippen LogP) is 1.72. The normalized spacial score (nSPS) is 9.64. The molecule has 1 aromatic rings. The van der Waals surface area contributed by atoms with Crippen LogP contribution in [0.15, 0.2) is 24.3 Å². The molecule has 14 heavy (non-hydrogen) atoms. The van der Waals surface area contributed by atoms with Crippen molar-refractivity contribution >= 4 is 11.5 Å². The van der Waals surface area contributed by atoms with Crippen molar-refractivity contribution in [1.29, 1.82) is 0 Å². The molecule has 0 N–H and O–H groups in total. The fourth-order valence-electron chi connectivity index (χ4n) is 1.03.